The molecule has 1 spiro atoms. The van der Waals surface area contributed by atoms with Crippen LogP contribution >= 0.6 is 0 Å². The van der Waals surface area contributed by atoms with Crippen LogP contribution in [0, 0.1) is 28.6 Å². The molecule has 4 heteroatoms. The first-order chi connectivity index (χ1) is 14.9. The van der Waals surface area contributed by atoms with Gasteiger partial charge in [0.2, 0.25) is 0 Å². The number of hydrogen-bond donors (Lipinski definition) is 1. The fraction of sp³-hybridized carbons (Fsp3) is 0.679. The van der Waals surface area contributed by atoms with E-state index in [0.29, 0.717) is 12.3 Å². The largest absolute Gasteiger partial charge is 0.387 e. The number of fused-ring (bicyclic) bond motifs is 2. The van der Waals surface area contributed by atoms with Gasteiger partial charge >= 0.3 is 0 Å². The number of hydrogen-bond acceptors (Lipinski definition) is 4. The van der Waals surface area contributed by atoms with Gasteiger partial charge in [-0.2, -0.15) is 0 Å². The Bertz CT molecular complexity index is 1050. The lowest BCUT2D eigenvalue weighted by molar-refractivity contribution is -0.369. The normalized spacial score (nSPS) is 52.7. The molecule has 4 nitrogen and oxygen atoms in total. The average molecular weight is 437 g/mol. The molecule has 3 fully saturated rings. The Kier molecular flexibility index (Phi) is 3.92. The number of aliphatic hydroxyl groups excluding tert-OH is 1. The van der Waals surface area contributed by atoms with E-state index in [-0.39, 0.29) is 28.4 Å². The van der Waals surface area contributed by atoms with E-state index in [2.05, 4.69) is 65.8 Å². The van der Waals surface area contributed by atoms with Gasteiger partial charge in [0.1, 0.15) is 11.7 Å². The van der Waals surface area contributed by atoms with Gasteiger partial charge in [-0.3, -0.25) is 4.79 Å². The molecule has 6 aliphatic rings. The molecule has 4 aliphatic carbocycles. The molecule has 1 N–H and O–H groups in total. The number of rotatable bonds is 0. The van der Waals surface area contributed by atoms with Crippen molar-refractivity contribution in [1.82, 2.24) is 0 Å². The first kappa shape index (κ1) is 21.1. The maximum absolute atomic E-state index is 12.1. The summed E-state index contributed by atoms with van der Waals surface area (Å²) >= 11 is 0. The van der Waals surface area contributed by atoms with Crippen LogP contribution in [0.3, 0.4) is 0 Å². The minimum atomic E-state index is -1.000. The zero-order chi connectivity index (χ0) is 22.9. The predicted octanol–water partition coefficient (Wildman–Crippen LogP) is 5.04. The van der Waals surface area contributed by atoms with Gasteiger partial charge in [-0.25, -0.2) is 0 Å². The topological polar surface area (TPSA) is 55.8 Å². The Morgan fingerprint density at radius 1 is 0.969 bits per heavy atom. The number of aliphatic hydroxyl groups is 1. The molecule has 0 aromatic rings. The molecule has 2 heterocycles. The van der Waals surface area contributed by atoms with E-state index in [0.717, 1.165) is 24.8 Å². The maximum Gasteiger partial charge on any atom is 0.199 e. The SMILES string of the molecule is C[C@H]1[C@H](O)[C@@]2(OC1(C)C)O[C@@]13CC[C@@H]([C@@H]2C)[C@@]1(C)C=CC1=C3C=CC2=CC(=O)CC[C@@]21C. The Labute approximate surface area is 191 Å². The first-order valence-electron chi connectivity index (χ1n) is 12.4. The van der Waals surface area contributed by atoms with Crippen LogP contribution < -0.4 is 0 Å². The molecule has 0 unspecified atom stereocenters. The maximum atomic E-state index is 12.1. The summed E-state index contributed by atoms with van der Waals surface area (Å²) < 4.78 is 14.0. The van der Waals surface area contributed by atoms with Gasteiger partial charge < -0.3 is 14.6 Å². The lowest BCUT2D eigenvalue weighted by Gasteiger charge is -2.61. The summed E-state index contributed by atoms with van der Waals surface area (Å²) in [7, 11) is 0. The van der Waals surface area contributed by atoms with Crippen molar-refractivity contribution in [2.24, 2.45) is 28.6 Å². The van der Waals surface area contributed by atoms with Gasteiger partial charge in [0.25, 0.3) is 0 Å². The monoisotopic (exact) mass is 436 g/mol. The summed E-state index contributed by atoms with van der Waals surface area (Å²) in [5.74, 6) is -0.352. The number of carbonyl (C=O) groups excluding carboxylic acids is 1. The molecular weight excluding hydrogens is 400 g/mol. The van der Waals surface area contributed by atoms with Crippen LogP contribution in [-0.4, -0.2) is 34.0 Å². The molecule has 0 aromatic heterocycles. The van der Waals surface area contributed by atoms with Gasteiger partial charge in [-0.05, 0) is 61.8 Å². The molecule has 172 valence electrons. The molecule has 0 aromatic carbocycles. The fourth-order valence-electron chi connectivity index (χ4n) is 8.17. The molecule has 32 heavy (non-hydrogen) atoms. The molecule has 1 saturated carbocycles. The van der Waals surface area contributed by atoms with Gasteiger partial charge in [-0.15, -0.1) is 0 Å². The molecule has 8 atom stereocenters. The quantitative estimate of drug-likeness (QED) is 0.578. The number of ketones is 1. The number of allylic oxidation sites excluding steroid dienone is 5. The highest BCUT2D eigenvalue weighted by Gasteiger charge is 2.75. The second-order valence-corrected chi connectivity index (χ2v) is 12.2. The lowest BCUT2D eigenvalue weighted by Crippen LogP contribution is -2.67. The molecule has 6 rings (SSSR count). The van der Waals surface area contributed by atoms with E-state index in [1.165, 1.54) is 11.1 Å². The van der Waals surface area contributed by atoms with Crippen molar-refractivity contribution in [2.75, 3.05) is 0 Å². The zero-order valence-electron chi connectivity index (χ0n) is 20.2. The summed E-state index contributed by atoms with van der Waals surface area (Å²) in [5.41, 5.74) is 2.32. The van der Waals surface area contributed by atoms with Gasteiger partial charge in [0.15, 0.2) is 11.6 Å². The van der Waals surface area contributed by atoms with Crippen molar-refractivity contribution in [3.05, 3.63) is 47.1 Å². The van der Waals surface area contributed by atoms with Crippen molar-refractivity contribution in [3.63, 3.8) is 0 Å². The second-order valence-electron chi connectivity index (χ2n) is 12.2. The van der Waals surface area contributed by atoms with Crippen LogP contribution in [0.1, 0.15) is 67.2 Å². The first-order valence-corrected chi connectivity index (χ1v) is 12.4. The van der Waals surface area contributed by atoms with Crippen molar-refractivity contribution in [3.8, 4) is 0 Å². The summed E-state index contributed by atoms with van der Waals surface area (Å²) in [6.07, 6.45) is 13.6. The highest BCUT2D eigenvalue weighted by atomic mass is 16.7. The molecule has 2 bridgehead atoms. The third kappa shape index (κ3) is 2.14. The van der Waals surface area contributed by atoms with Gasteiger partial charge in [-0.1, -0.05) is 52.0 Å². The second kappa shape index (κ2) is 5.95. The fourth-order valence-corrected chi connectivity index (χ4v) is 8.17. The van der Waals surface area contributed by atoms with Crippen LogP contribution in [0.2, 0.25) is 0 Å². The smallest absolute Gasteiger partial charge is 0.199 e. The summed E-state index contributed by atoms with van der Waals surface area (Å²) in [6, 6.07) is 0. The number of carbonyl (C=O) groups is 1. The molecule has 0 amide bonds. The summed E-state index contributed by atoms with van der Waals surface area (Å²) in [5, 5.41) is 11.5. The van der Waals surface area contributed by atoms with E-state index < -0.39 is 23.1 Å². The summed E-state index contributed by atoms with van der Waals surface area (Å²) in [6.45, 7) is 13.0. The average Bonchev–Trinajstić information content (AvgIpc) is 3.06. The van der Waals surface area contributed by atoms with Crippen LogP contribution in [-0.2, 0) is 14.3 Å². The third-order valence-corrected chi connectivity index (χ3v) is 10.6. The Hall–Kier alpha value is -1.49. The Balaban J connectivity index is 1.54. The lowest BCUT2D eigenvalue weighted by atomic mass is 9.53. The van der Waals surface area contributed by atoms with Crippen LogP contribution in [0.5, 0.6) is 0 Å². The van der Waals surface area contributed by atoms with Crippen LogP contribution in [0.25, 0.3) is 0 Å². The van der Waals surface area contributed by atoms with Crippen molar-refractivity contribution < 1.29 is 19.4 Å². The Morgan fingerprint density at radius 3 is 2.41 bits per heavy atom. The molecule has 2 saturated heterocycles. The summed E-state index contributed by atoms with van der Waals surface area (Å²) in [4.78, 5) is 12.1. The van der Waals surface area contributed by atoms with E-state index in [1.54, 1.807) is 0 Å². The van der Waals surface area contributed by atoms with Gasteiger partial charge in [0.05, 0.1) is 5.60 Å². The number of ether oxygens (including phenoxy) is 2. The van der Waals surface area contributed by atoms with Crippen LogP contribution in [0.15, 0.2) is 47.1 Å². The van der Waals surface area contributed by atoms with E-state index in [4.69, 9.17) is 9.47 Å². The Morgan fingerprint density at radius 2 is 1.72 bits per heavy atom. The van der Waals surface area contributed by atoms with Crippen LogP contribution in [0.4, 0.5) is 0 Å². The zero-order valence-corrected chi connectivity index (χ0v) is 20.2. The molecular formula is C28H36O4. The minimum absolute atomic E-state index is 0.0176. The van der Waals surface area contributed by atoms with E-state index >= 15 is 0 Å². The van der Waals surface area contributed by atoms with Crippen molar-refractivity contribution in [2.45, 2.75) is 90.3 Å². The molecule has 2 aliphatic heterocycles. The van der Waals surface area contributed by atoms with E-state index in [9.17, 15) is 9.90 Å². The third-order valence-electron chi connectivity index (χ3n) is 10.6. The highest BCUT2D eigenvalue weighted by Crippen LogP contribution is 2.71. The molecule has 0 radical (unpaired) electrons. The predicted molar refractivity (Wildman–Crippen MR) is 123 cm³/mol. The highest BCUT2D eigenvalue weighted by molar-refractivity contribution is 5.93. The van der Waals surface area contributed by atoms with E-state index in [1.807, 2.05) is 6.08 Å². The van der Waals surface area contributed by atoms with Crippen molar-refractivity contribution >= 4 is 5.78 Å². The van der Waals surface area contributed by atoms with Gasteiger partial charge in [0, 0.05) is 29.1 Å². The minimum Gasteiger partial charge on any atom is -0.387 e. The standard InChI is InChI=1S/C28H36O4/c1-16-20-11-14-27(32-28(16)23(30)17(2)24(3,4)31-28)22-8-7-18-15-19(29)9-12-25(18,5)21(22)10-13-26(20,27)6/h7-8,10,13,15-17,20,23,30H,9,11-12,14H2,1-6H3/t16-,17-,20-,23-,25-,26+,27+,28-/m0/s1. The van der Waals surface area contributed by atoms with Crippen molar-refractivity contribution in [1.29, 1.82) is 0 Å².